The normalized spacial score (nSPS) is 12.8. The van der Waals surface area contributed by atoms with Crippen molar-refractivity contribution in [3.63, 3.8) is 0 Å². The number of hydrogen-bond acceptors (Lipinski definition) is 1. The van der Waals surface area contributed by atoms with Crippen LogP contribution in [0.3, 0.4) is 0 Å². The Morgan fingerprint density at radius 2 is 1.87 bits per heavy atom. The van der Waals surface area contributed by atoms with Crippen molar-refractivity contribution in [3.8, 4) is 0 Å². The van der Waals surface area contributed by atoms with Gasteiger partial charge in [-0.2, -0.15) is 13.2 Å². The average molecular weight is 346 g/mol. The van der Waals surface area contributed by atoms with Crippen LogP contribution in [0.1, 0.15) is 34.5 Å². The fraction of sp³-hybridized carbons (Fsp3) is 0.188. The second kappa shape index (κ2) is 6.58. The van der Waals surface area contributed by atoms with Crippen molar-refractivity contribution >= 4 is 17.5 Å². The summed E-state index contributed by atoms with van der Waals surface area (Å²) in [5.74, 6) is -1.52. The average Bonchev–Trinajstić information content (AvgIpc) is 2.48. The number of halogens is 5. The predicted octanol–water partition coefficient (Wildman–Crippen LogP) is 4.99. The number of nitrogens with one attached hydrogen (secondary N) is 1. The Bertz CT molecular complexity index is 730. The van der Waals surface area contributed by atoms with E-state index in [1.165, 1.54) is 25.1 Å². The highest BCUT2D eigenvalue weighted by Crippen LogP contribution is 2.30. The van der Waals surface area contributed by atoms with Gasteiger partial charge < -0.3 is 5.32 Å². The monoisotopic (exact) mass is 345 g/mol. The summed E-state index contributed by atoms with van der Waals surface area (Å²) >= 11 is 5.71. The third-order valence-electron chi connectivity index (χ3n) is 3.23. The van der Waals surface area contributed by atoms with E-state index in [-0.39, 0.29) is 16.1 Å². The van der Waals surface area contributed by atoms with Crippen molar-refractivity contribution in [2.75, 3.05) is 0 Å². The Morgan fingerprint density at radius 3 is 2.52 bits per heavy atom. The molecule has 1 amide bonds. The molecule has 0 fully saturated rings. The minimum Gasteiger partial charge on any atom is -0.345 e. The third-order valence-corrected chi connectivity index (χ3v) is 3.47. The van der Waals surface area contributed by atoms with Crippen LogP contribution in [-0.2, 0) is 6.18 Å². The van der Waals surface area contributed by atoms with Gasteiger partial charge in [-0.1, -0.05) is 23.7 Å². The first kappa shape index (κ1) is 17.3. The molecule has 0 spiro atoms. The van der Waals surface area contributed by atoms with Crippen LogP contribution in [-0.4, -0.2) is 5.91 Å². The summed E-state index contributed by atoms with van der Waals surface area (Å²) in [6.45, 7) is 1.51. The van der Waals surface area contributed by atoms with Crippen molar-refractivity contribution in [2.24, 2.45) is 0 Å². The van der Waals surface area contributed by atoms with Gasteiger partial charge >= 0.3 is 6.18 Å². The lowest BCUT2D eigenvalue weighted by atomic mass is 10.0. The molecule has 0 radical (unpaired) electrons. The van der Waals surface area contributed by atoms with Crippen LogP contribution in [0.15, 0.2) is 42.5 Å². The smallest absolute Gasteiger partial charge is 0.345 e. The fourth-order valence-corrected chi connectivity index (χ4v) is 2.19. The second-order valence-corrected chi connectivity index (χ2v) is 5.38. The van der Waals surface area contributed by atoms with Crippen molar-refractivity contribution in [2.45, 2.75) is 19.1 Å². The molecule has 0 unspecified atom stereocenters. The molecule has 23 heavy (non-hydrogen) atoms. The van der Waals surface area contributed by atoms with Crippen molar-refractivity contribution in [3.05, 3.63) is 70.0 Å². The third kappa shape index (κ3) is 4.22. The van der Waals surface area contributed by atoms with Crippen LogP contribution in [0, 0.1) is 5.82 Å². The predicted molar refractivity (Wildman–Crippen MR) is 78.7 cm³/mol. The Labute approximate surface area is 135 Å². The number of hydrogen-bond donors (Lipinski definition) is 1. The SMILES string of the molecule is C[C@H](NC(=O)c1cc(Cl)ccc1F)c1cccc(C(F)(F)F)c1. The first-order valence-corrected chi connectivity index (χ1v) is 6.99. The molecule has 122 valence electrons. The lowest BCUT2D eigenvalue weighted by Gasteiger charge is -2.16. The van der Waals surface area contributed by atoms with Crippen LogP contribution in [0.5, 0.6) is 0 Å². The minimum atomic E-state index is -4.47. The molecule has 0 aliphatic rings. The molecule has 1 N–H and O–H groups in total. The quantitative estimate of drug-likeness (QED) is 0.780. The molecule has 0 aliphatic heterocycles. The van der Waals surface area contributed by atoms with Crippen LogP contribution < -0.4 is 5.32 Å². The van der Waals surface area contributed by atoms with Crippen LogP contribution in [0.2, 0.25) is 5.02 Å². The molecule has 0 saturated carbocycles. The molecule has 2 aromatic rings. The summed E-state index contributed by atoms with van der Waals surface area (Å²) < 4.78 is 51.7. The Balaban J connectivity index is 2.20. The summed E-state index contributed by atoms with van der Waals surface area (Å²) in [6.07, 6.45) is -4.47. The molecule has 0 saturated heterocycles. The summed E-state index contributed by atoms with van der Waals surface area (Å²) in [4.78, 5) is 12.1. The second-order valence-electron chi connectivity index (χ2n) is 4.94. The minimum absolute atomic E-state index is 0.184. The Hall–Kier alpha value is -2.08. The lowest BCUT2D eigenvalue weighted by molar-refractivity contribution is -0.137. The summed E-state index contributed by atoms with van der Waals surface area (Å²) in [5, 5.41) is 2.64. The van der Waals surface area contributed by atoms with Gasteiger partial charge in [-0.15, -0.1) is 0 Å². The van der Waals surface area contributed by atoms with E-state index < -0.39 is 29.5 Å². The maximum absolute atomic E-state index is 13.6. The first-order valence-electron chi connectivity index (χ1n) is 6.61. The summed E-state index contributed by atoms with van der Waals surface area (Å²) in [5.41, 5.74) is -0.822. The van der Waals surface area contributed by atoms with Gasteiger partial charge in [0, 0.05) is 5.02 Å². The van der Waals surface area contributed by atoms with Gasteiger partial charge in [0.2, 0.25) is 0 Å². The van der Waals surface area contributed by atoms with Crippen molar-refractivity contribution in [1.82, 2.24) is 5.32 Å². The zero-order valence-electron chi connectivity index (χ0n) is 11.9. The van der Waals surface area contributed by atoms with Crippen molar-refractivity contribution < 1.29 is 22.4 Å². The maximum atomic E-state index is 13.6. The highest BCUT2D eigenvalue weighted by atomic mass is 35.5. The van der Waals surface area contributed by atoms with Gasteiger partial charge in [0.15, 0.2) is 0 Å². The lowest BCUT2D eigenvalue weighted by Crippen LogP contribution is -2.27. The Kier molecular flexibility index (Phi) is 4.94. The molecular formula is C16H12ClF4NO. The van der Waals surface area contributed by atoms with E-state index in [1.54, 1.807) is 0 Å². The number of carbonyl (C=O) groups excluding carboxylic acids is 1. The zero-order valence-corrected chi connectivity index (χ0v) is 12.7. The summed E-state index contributed by atoms with van der Waals surface area (Å²) in [7, 11) is 0. The molecule has 2 nitrogen and oxygen atoms in total. The van der Waals surface area contributed by atoms with Gasteiger partial charge in [0.1, 0.15) is 5.82 Å². The van der Waals surface area contributed by atoms with E-state index in [4.69, 9.17) is 11.6 Å². The van der Waals surface area contributed by atoms with E-state index in [0.717, 1.165) is 24.3 Å². The molecule has 0 heterocycles. The van der Waals surface area contributed by atoms with E-state index in [1.807, 2.05) is 0 Å². The van der Waals surface area contributed by atoms with E-state index in [2.05, 4.69) is 5.32 Å². The van der Waals surface area contributed by atoms with Gasteiger partial charge in [0.05, 0.1) is 17.2 Å². The number of rotatable bonds is 3. The molecule has 2 aromatic carbocycles. The van der Waals surface area contributed by atoms with E-state index in [9.17, 15) is 22.4 Å². The molecule has 0 aliphatic carbocycles. The molecule has 1 atom stereocenters. The molecule has 2 rings (SSSR count). The van der Waals surface area contributed by atoms with Gasteiger partial charge in [0.25, 0.3) is 5.91 Å². The molecular weight excluding hydrogens is 334 g/mol. The molecule has 0 aromatic heterocycles. The summed E-state index contributed by atoms with van der Waals surface area (Å²) in [6, 6.07) is 7.35. The number of carbonyl (C=O) groups is 1. The van der Waals surface area contributed by atoms with Crippen molar-refractivity contribution in [1.29, 1.82) is 0 Å². The van der Waals surface area contributed by atoms with Crippen LogP contribution in [0.25, 0.3) is 0 Å². The van der Waals surface area contributed by atoms with Gasteiger partial charge in [-0.25, -0.2) is 4.39 Å². The standard InChI is InChI=1S/C16H12ClF4NO/c1-9(10-3-2-4-11(7-10)16(19,20)21)22-15(23)13-8-12(17)5-6-14(13)18/h2-9H,1H3,(H,22,23)/t9-/m0/s1. The number of amides is 1. The van der Waals surface area contributed by atoms with Crippen LogP contribution >= 0.6 is 11.6 Å². The maximum Gasteiger partial charge on any atom is 0.416 e. The first-order chi connectivity index (χ1) is 10.7. The van der Waals surface area contributed by atoms with Gasteiger partial charge in [-0.3, -0.25) is 4.79 Å². The molecule has 7 heteroatoms. The largest absolute Gasteiger partial charge is 0.416 e. The van der Waals surface area contributed by atoms with Gasteiger partial charge in [-0.05, 0) is 42.8 Å². The topological polar surface area (TPSA) is 29.1 Å². The zero-order chi connectivity index (χ0) is 17.2. The van der Waals surface area contributed by atoms with E-state index in [0.29, 0.717) is 0 Å². The highest BCUT2D eigenvalue weighted by Gasteiger charge is 2.30. The number of alkyl halides is 3. The fourth-order valence-electron chi connectivity index (χ4n) is 2.01. The highest BCUT2D eigenvalue weighted by molar-refractivity contribution is 6.31. The van der Waals surface area contributed by atoms with E-state index >= 15 is 0 Å². The molecule has 0 bridgehead atoms. The Morgan fingerprint density at radius 1 is 1.17 bits per heavy atom. The number of benzene rings is 2. The van der Waals surface area contributed by atoms with Crippen LogP contribution in [0.4, 0.5) is 17.6 Å².